The summed E-state index contributed by atoms with van der Waals surface area (Å²) in [6, 6.07) is 9.70. The number of halogens is 2. The molecular weight excluding hydrogens is 657 g/mol. The second-order valence-corrected chi connectivity index (χ2v) is 14.2. The Balaban J connectivity index is 1.57. The molecule has 13 heteroatoms. The summed E-state index contributed by atoms with van der Waals surface area (Å²) in [7, 11) is 0. The molecule has 0 radical (unpaired) electrons. The molecule has 6 rings (SSSR count). The van der Waals surface area contributed by atoms with Crippen molar-refractivity contribution in [2.75, 3.05) is 13.2 Å². The van der Waals surface area contributed by atoms with E-state index in [2.05, 4.69) is 20.5 Å². The van der Waals surface area contributed by atoms with Gasteiger partial charge in [0.05, 0.1) is 28.8 Å². The third-order valence-corrected chi connectivity index (χ3v) is 9.84. The van der Waals surface area contributed by atoms with Crippen LogP contribution >= 0.6 is 22.9 Å². The maximum absolute atomic E-state index is 14.2. The minimum absolute atomic E-state index is 0.140. The number of benzene rings is 1. The SMILES string of the molecule is CCOC(=O)C1=C([C@@H]2CCCN2C(=O)OC(C)(C)C)NC(CCc2ccc(F)cc2)=C(c2nnc(C)o2)C1c1cc2ccnc(Cl)c2s1. The van der Waals surface area contributed by atoms with Gasteiger partial charge in [0.2, 0.25) is 11.8 Å². The van der Waals surface area contributed by atoms with E-state index < -0.39 is 29.6 Å². The predicted octanol–water partition coefficient (Wildman–Crippen LogP) is 7.73. The monoisotopic (exact) mass is 693 g/mol. The van der Waals surface area contributed by atoms with Crippen molar-refractivity contribution in [2.45, 2.75) is 77.9 Å². The summed E-state index contributed by atoms with van der Waals surface area (Å²) in [6.45, 7) is 9.53. The molecule has 10 nitrogen and oxygen atoms in total. The summed E-state index contributed by atoms with van der Waals surface area (Å²) in [4.78, 5) is 34.5. The van der Waals surface area contributed by atoms with Crippen molar-refractivity contribution in [2.24, 2.45) is 0 Å². The van der Waals surface area contributed by atoms with Crippen LogP contribution in [0.5, 0.6) is 0 Å². The summed E-state index contributed by atoms with van der Waals surface area (Å²) in [6.07, 6.45) is 3.47. The Morgan fingerprint density at radius 1 is 1.17 bits per heavy atom. The lowest BCUT2D eigenvalue weighted by molar-refractivity contribution is -0.138. The fourth-order valence-corrected chi connectivity index (χ4v) is 7.67. The molecule has 2 atom stereocenters. The van der Waals surface area contributed by atoms with Crippen LogP contribution in [0.3, 0.4) is 0 Å². The standard InChI is InChI=1S/C35H37ClFN5O5S/c1-6-45-33(43)28-27(25-18-21-15-16-38-31(36)30(21)48-25)26(32-41-40-19(2)46-32)23(14-11-20-9-12-22(37)13-10-20)39-29(28)24-8-7-17-42(24)34(44)47-35(3,4)5/h9-10,12-13,15-16,18,24,27,39H,6-8,11,14,17H2,1-5H3/t24-,27?/m0/s1. The number of likely N-dealkylation sites (tertiary alicyclic amines) is 1. The van der Waals surface area contributed by atoms with E-state index in [4.69, 9.17) is 25.5 Å². The lowest BCUT2D eigenvalue weighted by Gasteiger charge is -2.37. The Kier molecular flexibility index (Phi) is 9.57. The highest BCUT2D eigenvalue weighted by Crippen LogP contribution is 2.49. The van der Waals surface area contributed by atoms with Gasteiger partial charge in [-0.25, -0.2) is 19.0 Å². The number of rotatable bonds is 8. The van der Waals surface area contributed by atoms with Gasteiger partial charge in [-0.15, -0.1) is 21.5 Å². The highest BCUT2D eigenvalue weighted by Gasteiger charge is 2.45. The largest absolute Gasteiger partial charge is 0.463 e. The number of esters is 1. The zero-order chi connectivity index (χ0) is 34.2. The van der Waals surface area contributed by atoms with Gasteiger partial charge in [-0.1, -0.05) is 23.7 Å². The minimum atomic E-state index is -0.724. The van der Waals surface area contributed by atoms with E-state index in [1.54, 1.807) is 37.1 Å². The molecule has 1 aromatic carbocycles. The van der Waals surface area contributed by atoms with Crippen molar-refractivity contribution >= 4 is 50.7 Å². The van der Waals surface area contributed by atoms with Crippen molar-refractivity contribution in [1.29, 1.82) is 0 Å². The first-order valence-electron chi connectivity index (χ1n) is 15.9. The Labute approximate surface area is 287 Å². The van der Waals surface area contributed by atoms with Gasteiger partial charge in [-0.2, -0.15) is 0 Å². The number of nitrogens with zero attached hydrogens (tertiary/aromatic N) is 4. The maximum Gasteiger partial charge on any atom is 0.410 e. The van der Waals surface area contributed by atoms with Crippen molar-refractivity contribution in [3.8, 4) is 0 Å². The quantitative estimate of drug-likeness (QED) is 0.146. The summed E-state index contributed by atoms with van der Waals surface area (Å²) in [5.74, 6) is -0.970. The zero-order valence-corrected chi connectivity index (χ0v) is 29.0. The molecule has 1 unspecified atom stereocenters. The van der Waals surface area contributed by atoms with E-state index in [1.807, 2.05) is 32.9 Å². The van der Waals surface area contributed by atoms with E-state index in [-0.39, 0.29) is 18.3 Å². The second kappa shape index (κ2) is 13.7. The summed E-state index contributed by atoms with van der Waals surface area (Å²) < 4.78 is 32.2. The smallest absolute Gasteiger partial charge is 0.410 e. The van der Waals surface area contributed by atoms with Crippen LogP contribution in [0.15, 0.2) is 64.0 Å². The number of pyridine rings is 1. The number of amides is 1. The number of allylic oxidation sites excluding steroid dienone is 2. The minimum Gasteiger partial charge on any atom is -0.463 e. The summed E-state index contributed by atoms with van der Waals surface area (Å²) in [5, 5.41) is 13.4. The zero-order valence-electron chi connectivity index (χ0n) is 27.4. The van der Waals surface area contributed by atoms with Crippen LogP contribution in [0.4, 0.5) is 9.18 Å². The van der Waals surface area contributed by atoms with Crippen molar-refractivity contribution in [3.05, 3.63) is 92.8 Å². The van der Waals surface area contributed by atoms with Gasteiger partial charge in [0.25, 0.3) is 0 Å². The van der Waals surface area contributed by atoms with E-state index in [9.17, 15) is 14.0 Å². The van der Waals surface area contributed by atoms with E-state index in [0.717, 1.165) is 26.2 Å². The van der Waals surface area contributed by atoms with Gasteiger partial charge in [0.15, 0.2) is 0 Å². The predicted molar refractivity (Wildman–Crippen MR) is 181 cm³/mol. The van der Waals surface area contributed by atoms with Crippen LogP contribution in [-0.4, -0.2) is 56.9 Å². The van der Waals surface area contributed by atoms with E-state index in [1.165, 1.54) is 23.5 Å². The van der Waals surface area contributed by atoms with Crippen molar-refractivity contribution in [1.82, 2.24) is 25.4 Å². The first-order valence-corrected chi connectivity index (χ1v) is 17.1. The molecule has 252 valence electrons. The average Bonchev–Trinajstić information content (AvgIpc) is 3.79. The van der Waals surface area contributed by atoms with Gasteiger partial charge in [-0.05, 0) is 88.6 Å². The number of dihydropyridines is 1. The average molecular weight is 694 g/mol. The number of thiophene rings is 1. The highest BCUT2D eigenvalue weighted by molar-refractivity contribution is 7.19. The summed E-state index contributed by atoms with van der Waals surface area (Å²) >= 11 is 7.97. The molecule has 2 aliphatic heterocycles. The molecule has 2 aliphatic rings. The van der Waals surface area contributed by atoms with Gasteiger partial charge < -0.3 is 19.2 Å². The number of nitrogens with one attached hydrogen (secondary N) is 1. The van der Waals surface area contributed by atoms with Crippen LogP contribution < -0.4 is 5.32 Å². The molecule has 4 aromatic rings. The lowest BCUT2D eigenvalue weighted by atomic mass is 9.81. The third kappa shape index (κ3) is 6.95. The number of aryl methyl sites for hydroxylation is 2. The molecule has 3 aromatic heterocycles. The van der Waals surface area contributed by atoms with Gasteiger partial charge >= 0.3 is 12.1 Å². The highest BCUT2D eigenvalue weighted by atomic mass is 35.5. The molecular formula is C35H37ClFN5O5S. The molecule has 48 heavy (non-hydrogen) atoms. The first kappa shape index (κ1) is 33.6. The fraction of sp³-hybridized carbons (Fsp3) is 0.400. The van der Waals surface area contributed by atoms with Crippen LogP contribution in [0.25, 0.3) is 15.7 Å². The van der Waals surface area contributed by atoms with E-state index >= 15 is 0 Å². The molecule has 0 spiro atoms. The molecule has 1 N–H and O–H groups in total. The number of carbonyl (C=O) groups excluding carboxylic acids is 2. The van der Waals surface area contributed by atoms with Crippen LogP contribution in [0.1, 0.15) is 75.1 Å². The molecule has 0 bridgehead atoms. The first-order chi connectivity index (χ1) is 22.9. The van der Waals surface area contributed by atoms with Crippen LogP contribution in [0, 0.1) is 12.7 Å². The van der Waals surface area contributed by atoms with Crippen molar-refractivity contribution in [3.63, 3.8) is 0 Å². The fourth-order valence-electron chi connectivity index (χ4n) is 6.23. The number of carbonyl (C=O) groups is 2. The Bertz CT molecular complexity index is 1910. The maximum atomic E-state index is 14.2. The number of aromatic nitrogens is 3. The Morgan fingerprint density at radius 3 is 2.60 bits per heavy atom. The summed E-state index contributed by atoms with van der Waals surface area (Å²) in [5.41, 5.74) is 2.44. The molecule has 1 fully saturated rings. The van der Waals surface area contributed by atoms with Gasteiger partial charge in [0.1, 0.15) is 16.6 Å². The van der Waals surface area contributed by atoms with Crippen molar-refractivity contribution < 1.29 is 27.9 Å². The number of hydrogen-bond donors (Lipinski definition) is 1. The molecule has 1 amide bonds. The van der Waals surface area contributed by atoms with E-state index in [0.29, 0.717) is 60.1 Å². The third-order valence-electron chi connectivity index (χ3n) is 8.21. The lowest BCUT2D eigenvalue weighted by Crippen LogP contribution is -2.45. The van der Waals surface area contributed by atoms with Gasteiger partial charge in [0, 0.05) is 41.5 Å². The molecule has 5 heterocycles. The van der Waals surface area contributed by atoms with Crippen LogP contribution in [0.2, 0.25) is 5.15 Å². The second-order valence-electron chi connectivity index (χ2n) is 12.8. The Morgan fingerprint density at radius 2 is 1.94 bits per heavy atom. The van der Waals surface area contributed by atoms with Crippen LogP contribution in [-0.2, 0) is 20.7 Å². The normalized spacial score (nSPS) is 18.4. The number of fused-ring (bicyclic) bond motifs is 1. The molecule has 1 saturated heterocycles. The van der Waals surface area contributed by atoms with Gasteiger partial charge in [-0.3, -0.25) is 4.90 Å². The number of hydrogen-bond acceptors (Lipinski definition) is 10. The molecule has 0 aliphatic carbocycles. The number of ether oxygens (including phenoxy) is 2. The topological polar surface area (TPSA) is 120 Å². The molecule has 0 saturated carbocycles. The Hall–Kier alpha value is -4.29.